The summed E-state index contributed by atoms with van der Waals surface area (Å²) in [4.78, 5) is 2.77. The van der Waals surface area contributed by atoms with Gasteiger partial charge in [-0.15, -0.1) is 0 Å². The third-order valence-electron chi connectivity index (χ3n) is 6.70. The molecule has 116 valence electrons. The molecular formula is C16H27N5. The van der Waals surface area contributed by atoms with Crippen LogP contribution >= 0.6 is 0 Å². The number of hydrogen-bond acceptors (Lipinski definition) is 5. The molecule has 3 N–H and O–H groups in total. The van der Waals surface area contributed by atoms with Crippen LogP contribution in [0.25, 0.3) is 0 Å². The fourth-order valence-electron chi connectivity index (χ4n) is 5.78. The molecule has 0 aromatic heterocycles. The van der Waals surface area contributed by atoms with Crippen LogP contribution in [0.1, 0.15) is 45.4 Å². The minimum absolute atomic E-state index is 0.448. The van der Waals surface area contributed by atoms with Gasteiger partial charge in [-0.3, -0.25) is 0 Å². The summed E-state index contributed by atoms with van der Waals surface area (Å²) >= 11 is 0. The molecule has 7 unspecified atom stereocenters. The zero-order valence-electron chi connectivity index (χ0n) is 12.8. The van der Waals surface area contributed by atoms with Crippen LogP contribution in [0.5, 0.6) is 0 Å². The molecule has 4 fully saturated rings. The second kappa shape index (κ2) is 4.69. The molecular weight excluding hydrogens is 262 g/mol. The summed E-state index contributed by atoms with van der Waals surface area (Å²) in [7, 11) is 0. The molecule has 0 aromatic rings. The molecule has 0 radical (unpaired) electrons. The summed E-state index contributed by atoms with van der Waals surface area (Å²) in [5.41, 5.74) is 10.2. The lowest BCUT2D eigenvalue weighted by Crippen LogP contribution is -2.56. The van der Waals surface area contributed by atoms with Crippen LogP contribution in [0.4, 0.5) is 0 Å². The number of fused-ring (bicyclic) bond motifs is 5. The number of nitrogens with zero attached hydrogens (tertiary/aromatic N) is 2. The van der Waals surface area contributed by atoms with Crippen molar-refractivity contribution >= 4 is 0 Å². The van der Waals surface area contributed by atoms with E-state index in [1.807, 2.05) is 0 Å². The van der Waals surface area contributed by atoms with Gasteiger partial charge >= 0.3 is 0 Å². The van der Waals surface area contributed by atoms with Crippen molar-refractivity contribution in [2.75, 3.05) is 0 Å². The molecule has 2 saturated carbocycles. The highest BCUT2D eigenvalue weighted by Gasteiger charge is 2.54. The van der Waals surface area contributed by atoms with Gasteiger partial charge in [-0.25, -0.2) is 10.4 Å². The quantitative estimate of drug-likeness (QED) is 0.628. The van der Waals surface area contributed by atoms with Crippen molar-refractivity contribution in [1.82, 2.24) is 26.4 Å². The van der Waals surface area contributed by atoms with Gasteiger partial charge in [-0.1, -0.05) is 19.4 Å². The first-order valence-corrected chi connectivity index (χ1v) is 8.83. The highest BCUT2D eigenvalue weighted by molar-refractivity contribution is 5.15. The van der Waals surface area contributed by atoms with Crippen LogP contribution in [-0.2, 0) is 0 Å². The fourth-order valence-corrected chi connectivity index (χ4v) is 5.78. The Balaban J connectivity index is 1.57. The van der Waals surface area contributed by atoms with E-state index in [1.165, 1.54) is 38.5 Å². The lowest BCUT2D eigenvalue weighted by Gasteiger charge is -2.45. The highest BCUT2D eigenvalue weighted by Crippen LogP contribution is 2.47. The molecule has 5 aliphatic rings. The standard InChI is InChI=1S/C16H27N5/c1-10-5-6-13-14(9-10)20-8-7-11-3-2-4-12(15(11)20)16-17-18-19-21(13)16/h7-8,10-19H,2-6,9H2,1H3. The van der Waals surface area contributed by atoms with Gasteiger partial charge in [0.1, 0.15) is 0 Å². The lowest BCUT2D eigenvalue weighted by molar-refractivity contribution is 0.0342. The van der Waals surface area contributed by atoms with E-state index in [-0.39, 0.29) is 0 Å². The van der Waals surface area contributed by atoms with Gasteiger partial charge in [0.2, 0.25) is 0 Å². The molecule has 5 nitrogen and oxygen atoms in total. The largest absolute Gasteiger partial charge is 0.369 e. The van der Waals surface area contributed by atoms with Crippen LogP contribution < -0.4 is 16.5 Å². The predicted molar refractivity (Wildman–Crippen MR) is 81.2 cm³/mol. The van der Waals surface area contributed by atoms with Gasteiger partial charge in [0.15, 0.2) is 0 Å². The van der Waals surface area contributed by atoms with Gasteiger partial charge in [0.05, 0.1) is 6.17 Å². The Morgan fingerprint density at radius 2 is 2.05 bits per heavy atom. The fraction of sp³-hybridized carbons (Fsp3) is 0.875. The third-order valence-corrected chi connectivity index (χ3v) is 6.70. The number of hydrogen-bond donors (Lipinski definition) is 3. The highest BCUT2D eigenvalue weighted by atomic mass is 15.9. The van der Waals surface area contributed by atoms with Crippen molar-refractivity contribution in [3.05, 3.63) is 12.3 Å². The zero-order chi connectivity index (χ0) is 14.0. The maximum Gasteiger partial charge on any atom is 0.0939 e. The first kappa shape index (κ1) is 12.9. The summed E-state index contributed by atoms with van der Waals surface area (Å²) in [5.74, 6) is 2.37. The van der Waals surface area contributed by atoms with E-state index in [9.17, 15) is 0 Å². The molecule has 0 amide bonds. The molecule has 21 heavy (non-hydrogen) atoms. The van der Waals surface area contributed by atoms with Gasteiger partial charge in [-0.2, -0.15) is 11.1 Å². The molecule has 7 atom stereocenters. The second-order valence-corrected chi connectivity index (χ2v) is 7.82. The monoisotopic (exact) mass is 289 g/mol. The lowest BCUT2D eigenvalue weighted by atomic mass is 9.76. The van der Waals surface area contributed by atoms with E-state index in [4.69, 9.17) is 0 Å². The van der Waals surface area contributed by atoms with Crippen LogP contribution in [0.2, 0.25) is 0 Å². The van der Waals surface area contributed by atoms with Gasteiger partial charge in [0.25, 0.3) is 0 Å². The number of hydrazine groups is 3. The van der Waals surface area contributed by atoms with Crippen molar-refractivity contribution in [3.8, 4) is 0 Å². The van der Waals surface area contributed by atoms with E-state index >= 15 is 0 Å². The Hall–Kier alpha value is -0.620. The smallest absolute Gasteiger partial charge is 0.0939 e. The third kappa shape index (κ3) is 1.78. The maximum absolute atomic E-state index is 3.52. The normalized spacial score (nSPS) is 52.2. The maximum atomic E-state index is 3.52. The van der Waals surface area contributed by atoms with Crippen LogP contribution in [-0.4, -0.2) is 34.2 Å². The summed E-state index contributed by atoms with van der Waals surface area (Å²) in [6, 6.07) is 2.03. The van der Waals surface area contributed by atoms with Gasteiger partial charge in [0, 0.05) is 24.0 Å². The van der Waals surface area contributed by atoms with Crippen molar-refractivity contribution in [1.29, 1.82) is 0 Å². The van der Waals surface area contributed by atoms with E-state index in [0.717, 1.165) is 23.8 Å². The van der Waals surface area contributed by atoms with E-state index in [2.05, 4.69) is 45.6 Å². The summed E-state index contributed by atoms with van der Waals surface area (Å²) in [6.45, 7) is 2.43. The van der Waals surface area contributed by atoms with Crippen LogP contribution in [0.15, 0.2) is 12.3 Å². The molecule has 0 spiro atoms. The molecule has 2 saturated heterocycles. The molecule has 0 bridgehead atoms. The Labute approximate surface area is 127 Å². The first-order valence-electron chi connectivity index (χ1n) is 8.83. The Morgan fingerprint density at radius 1 is 1.10 bits per heavy atom. The molecule has 2 aliphatic carbocycles. The Kier molecular flexibility index (Phi) is 2.87. The van der Waals surface area contributed by atoms with E-state index in [1.54, 1.807) is 0 Å². The van der Waals surface area contributed by atoms with Crippen molar-refractivity contribution < 1.29 is 0 Å². The number of nitrogens with one attached hydrogen (secondary N) is 3. The summed E-state index contributed by atoms with van der Waals surface area (Å²) in [6.07, 6.45) is 13.6. The minimum atomic E-state index is 0.448. The SMILES string of the molecule is CC1CCC2C(C1)N1C=CC3CCCC(C31)C1NNNN21. The van der Waals surface area contributed by atoms with E-state index < -0.39 is 0 Å². The molecule has 5 rings (SSSR count). The summed E-state index contributed by atoms with van der Waals surface area (Å²) in [5, 5.41) is 2.52. The molecule has 3 aliphatic heterocycles. The Bertz CT molecular complexity index is 452. The first-order chi connectivity index (χ1) is 10.3. The van der Waals surface area contributed by atoms with Crippen molar-refractivity contribution in [2.45, 2.75) is 69.7 Å². The van der Waals surface area contributed by atoms with Gasteiger partial charge < -0.3 is 4.90 Å². The average Bonchev–Trinajstić information content (AvgIpc) is 3.11. The topological polar surface area (TPSA) is 42.6 Å². The van der Waals surface area contributed by atoms with Crippen molar-refractivity contribution in [2.24, 2.45) is 17.8 Å². The zero-order valence-corrected chi connectivity index (χ0v) is 12.8. The minimum Gasteiger partial charge on any atom is -0.369 e. The van der Waals surface area contributed by atoms with Gasteiger partial charge in [-0.05, 0) is 50.1 Å². The van der Waals surface area contributed by atoms with Crippen LogP contribution in [0.3, 0.4) is 0 Å². The average molecular weight is 289 g/mol. The van der Waals surface area contributed by atoms with Crippen LogP contribution in [0, 0.1) is 17.8 Å². The predicted octanol–water partition coefficient (Wildman–Crippen LogP) is 1.33. The van der Waals surface area contributed by atoms with E-state index in [0.29, 0.717) is 18.2 Å². The van der Waals surface area contributed by atoms with Crippen molar-refractivity contribution in [3.63, 3.8) is 0 Å². The molecule has 5 heteroatoms. The second-order valence-electron chi connectivity index (χ2n) is 7.82. The number of rotatable bonds is 0. The molecule has 0 aromatic carbocycles. The summed E-state index contributed by atoms with van der Waals surface area (Å²) < 4.78 is 0. The Morgan fingerprint density at radius 3 is 3.00 bits per heavy atom. The molecule has 3 heterocycles.